The predicted molar refractivity (Wildman–Crippen MR) is 71.6 cm³/mol. The van der Waals surface area contributed by atoms with Crippen LogP contribution in [0.3, 0.4) is 0 Å². The number of amidine groups is 1. The van der Waals surface area contributed by atoms with Crippen LogP contribution in [0.4, 0.5) is 4.79 Å². The first-order valence-corrected chi connectivity index (χ1v) is 6.58. The molecule has 0 saturated heterocycles. The van der Waals surface area contributed by atoms with Crippen molar-refractivity contribution < 1.29 is 9.53 Å². The van der Waals surface area contributed by atoms with Gasteiger partial charge in [0.2, 0.25) is 0 Å². The third-order valence-electron chi connectivity index (χ3n) is 3.22. The van der Waals surface area contributed by atoms with Crippen molar-refractivity contribution in [2.45, 2.75) is 52.1 Å². The molecule has 0 bridgehead atoms. The van der Waals surface area contributed by atoms with Gasteiger partial charge >= 0.3 is 6.09 Å². The molecular weight excluding hydrogens is 230 g/mol. The molecule has 0 radical (unpaired) electrons. The summed E-state index contributed by atoms with van der Waals surface area (Å²) in [5.74, 6) is 1.02. The number of carbonyl (C=O) groups excluding carboxylic acids is 1. The number of ether oxygens (including phenoxy) is 1. The molecule has 0 aliphatic heterocycles. The van der Waals surface area contributed by atoms with E-state index in [1.165, 1.54) is 0 Å². The number of alkyl carbamates (subject to hydrolysis) is 1. The molecule has 4 N–H and O–H groups in total. The molecule has 1 fully saturated rings. The van der Waals surface area contributed by atoms with E-state index < -0.39 is 5.60 Å². The second-order valence-electron chi connectivity index (χ2n) is 6.06. The molecule has 1 aliphatic carbocycles. The molecule has 1 saturated carbocycles. The van der Waals surface area contributed by atoms with E-state index in [2.05, 4.69) is 5.32 Å². The van der Waals surface area contributed by atoms with Gasteiger partial charge in [-0.15, -0.1) is 0 Å². The minimum absolute atomic E-state index is 0.239. The van der Waals surface area contributed by atoms with Crippen molar-refractivity contribution in [3.63, 3.8) is 0 Å². The summed E-state index contributed by atoms with van der Waals surface area (Å²) in [5.41, 5.74) is 5.05. The first-order valence-electron chi connectivity index (χ1n) is 6.58. The summed E-state index contributed by atoms with van der Waals surface area (Å²) in [5, 5.41) is 10.2. The van der Waals surface area contributed by atoms with Crippen molar-refractivity contribution in [3.05, 3.63) is 0 Å². The number of nitrogens with two attached hydrogens (primary N) is 1. The van der Waals surface area contributed by atoms with Crippen LogP contribution in [0.15, 0.2) is 0 Å². The highest BCUT2D eigenvalue weighted by molar-refractivity contribution is 5.79. The van der Waals surface area contributed by atoms with Gasteiger partial charge in [-0.05, 0) is 52.4 Å². The normalized spacial score (nSPS) is 24.4. The predicted octanol–water partition coefficient (Wildman–Crippen LogP) is 2.25. The van der Waals surface area contributed by atoms with Crippen molar-refractivity contribution >= 4 is 11.9 Å². The lowest BCUT2D eigenvalue weighted by molar-refractivity contribution is 0.0514. The van der Waals surface area contributed by atoms with Crippen LogP contribution in [0.2, 0.25) is 0 Å². The highest BCUT2D eigenvalue weighted by Gasteiger charge is 2.24. The van der Waals surface area contributed by atoms with Crippen LogP contribution in [0.5, 0.6) is 0 Å². The van der Waals surface area contributed by atoms with E-state index in [4.69, 9.17) is 15.9 Å². The van der Waals surface area contributed by atoms with Gasteiger partial charge in [-0.25, -0.2) is 4.79 Å². The Labute approximate surface area is 109 Å². The van der Waals surface area contributed by atoms with Crippen LogP contribution < -0.4 is 11.1 Å². The van der Waals surface area contributed by atoms with Gasteiger partial charge in [0.25, 0.3) is 0 Å². The molecule has 1 rings (SSSR count). The topological polar surface area (TPSA) is 88.2 Å². The van der Waals surface area contributed by atoms with Crippen LogP contribution in [0, 0.1) is 17.2 Å². The largest absolute Gasteiger partial charge is 0.444 e. The lowest BCUT2D eigenvalue weighted by Crippen LogP contribution is -2.37. The molecule has 1 amide bonds. The minimum atomic E-state index is -0.448. The quantitative estimate of drug-likeness (QED) is 0.534. The SMILES string of the molecule is CC(C)(C)OC(=O)NC[C@H]1CC[C@H](C(=N)N)CC1. The number of carbonyl (C=O) groups is 1. The fraction of sp³-hybridized carbons (Fsp3) is 0.846. The standard InChI is InChI=1S/C13H25N3O2/c1-13(2,3)18-12(17)16-8-9-4-6-10(7-5-9)11(14)15/h9-10H,4-8H2,1-3H3,(H3,14,15)(H,16,17)/t9-,10-. The summed E-state index contributed by atoms with van der Waals surface area (Å²) in [6, 6.07) is 0. The van der Waals surface area contributed by atoms with Gasteiger partial charge in [-0.2, -0.15) is 0 Å². The number of nitrogens with one attached hydrogen (secondary N) is 2. The Balaban J connectivity index is 2.22. The average Bonchev–Trinajstić information content (AvgIpc) is 2.24. The van der Waals surface area contributed by atoms with E-state index in [1.54, 1.807) is 0 Å². The smallest absolute Gasteiger partial charge is 0.407 e. The first-order chi connectivity index (χ1) is 8.28. The minimum Gasteiger partial charge on any atom is -0.444 e. The van der Waals surface area contributed by atoms with Crippen molar-refractivity contribution in [2.24, 2.45) is 17.6 Å². The number of hydrogen-bond acceptors (Lipinski definition) is 3. The Hall–Kier alpha value is -1.26. The summed E-state index contributed by atoms with van der Waals surface area (Å²) in [7, 11) is 0. The Morgan fingerprint density at radius 3 is 2.33 bits per heavy atom. The maximum atomic E-state index is 11.5. The van der Waals surface area contributed by atoms with Gasteiger partial charge in [0.05, 0.1) is 5.84 Å². The highest BCUT2D eigenvalue weighted by Crippen LogP contribution is 2.28. The highest BCUT2D eigenvalue weighted by atomic mass is 16.6. The Bertz CT molecular complexity index is 302. The Morgan fingerprint density at radius 2 is 1.89 bits per heavy atom. The monoisotopic (exact) mass is 255 g/mol. The summed E-state index contributed by atoms with van der Waals surface area (Å²) in [6.07, 6.45) is 3.59. The van der Waals surface area contributed by atoms with E-state index in [9.17, 15) is 4.79 Å². The van der Waals surface area contributed by atoms with Gasteiger partial charge in [0, 0.05) is 12.5 Å². The maximum Gasteiger partial charge on any atom is 0.407 e. The van der Waals surface area contributed by atoms with Gasteiger partial charge in [-0.1, -0.05) is 0 Å². The van der Waals surface area contributed by atoms with E-state index in [1.807, 2.05) is 20.8 Å². The molecule has 5 heteroatoms. The molecule has 18 heavy (non-hydrogen) atoms. The van der Waals surface area contributed by atoms with Crippen LogP contribution in [0.25, 0.3) is 0 Å². The molecule has 5 nitrogen and oxygen atoms in total. The fourth-order valence-electron chi connectivity index (χ4n) is 2.22. The number of rotatable bonds is 3. The second kappa shape index (κ2) is 6.07. The maximum absolute atomic E-state index is 11.5. The zero-order chi connectivity index (χ0) is 13.8. The second-order valence-corrected chi connectivity index (χ2v) is 6.06. The number of hydrogen-bond donors (Lipinski definition) is 3. The molecular formula is C13H25N3O2. The van der Waals surface area contributed by atoms with Crippen molar-refractivity contribution in [3.8, 4) is 0 Å². The van der Waals surface area contributed by atoms with E-state index in [-0.39, 0.29) is 12.0 Å². The third kappa shape index (κ3) is 5.38. The van der Waals surface area contributed by atoms with Crippen molar-refractivity contribution in [1.29, 1.82) is 5.41 Å². The summed E-state index contributed by atoms with van der Waals surface area (Å²) in [4.78, 5) is 11.5. The summed E-state index contributed by atoms with van der Waals surface area (Å²) >= 11 is 0. The van der Waals surface area contributed by atoms with Gasteiger partial charge < -0.3 is 15.8 Å². The summed E-state index contributed by atoms with van der Waals surface area (Å²) in [6.45, 7) is 6.21. The zero-order valence-electron chi connectivity index (χ0n) is 11.6. The summed E-state index contributed by atoms with van der Waals surface area (Å²) < 4.78 is 5.18. The molecule has 1 aliphatic rings. The van der Waals surface area contributed by atoms with Gasteiger partial charge in [0.1, 0.15) is 5.60 Å². The van der Waals surface area contributed by atoms with Crippen LogP contribution in [-0.4, -0.2) is 24.1 Å². The van der Waals surface area contributed by atoms with Crippen LogP contribution in [0.1, 0.15) is 46.5 Å². The molecule has 104 valence electrons. The van der Waals surface area contributed by atoms with Gasteiger partial charge in [0.15, 0.2) is 0 Å². The molecule has 0 heterocycles. The lowest BCUT2D eigenvalue weighted by atomic mass is 9.81. The van der Waals surface area contributed by atoms with Crippen LogP contribution >= 0.6 is 0 Å². The number of amides is 1. The van der Waals surface area contributed by atoms with E-state index in [0.29, 0.717) is 18.3 Å². The van der Waals surface area contributed by atoms with E-state index >= 15 is 0 Å². The third-order valence-corrected chi connectivity index (χ3v) is 3.22. The molecule has 0 aromatic rings. The Morgan fingerprint density at radius 1 is 1.33 bits per heavy atom. The molecule has 0 aromatic heterocycles. The molecule has 0 spiro atoms. The van der Waals surface area contributed by atoms with E-state index in [0.717, 1.165) is 25.7 Å². The molecule has 0 unspecified atom stereocenters. The van der Waals surface area contributed by atoms with Gasteiger partial charge in [-0.3, -0.25) is 5.41 Å². The van der Waals surface area contributed by atoms with Crippen LogP contribution in [-0.2, 0) is 4.74 Å². The van der Waals surface area contributed by atoms with Crippen molar-refractivity contribution in [2.75, 3.05) is 6.54 Å². The Kier molecular flexibility index (Phi) is 4.99. The van der Waals surface area contributed by atoms with Crippen molar-refractivity contribution in [1.82, 2.24) is 5.32 Å². The fourth-order valence-corrected chi connectivity index (χ4v) is 2.22. The zero-order valence-corrected chi connectivity index (χ0v) is 11.6. The average molecular weight is 255 g/mol. The first kappa shape index (κ1) is 14.8. The molecule has 0 atom stereocenters. The lowest BCUT2D eigenvalue weighted by Gasteiger charge is -2.28. The molecule has 0 aromatic carbocycles.